The third-order valence-electron chi connectivity index (χ3n) is 5.35. The van der Waals surface area contributed by atoms with E-state index >= 15 is 0 Å². The minimum Gasteiger partial charge on any atom is -0.396 e. The van der Waals surface area contributed by atoms with Gasteiger partial charge in [0, 0.05) is 18.6 Å². The molecule has 2 N–H and O–H groups in total. The SMILES string of the molecule is OC[C@@H]1CCCCC[C@@H]1NCc1noc(C2CCCCC2)n1. The molecule has 0 unspecified atom stereocenters. The number of aliphatic hydroxyl groups excluding tert-OH is 1. The number of aliphatic hydroxyl groups is 1. The number of hydrogen-bond donors (Lipinski definition) is 2. The molecule has 0 amide bonds. The molecule has 1 aromatic heterocycles. The van der Waals surface area contributed by atoms with Crippen molar-refractivity contribution in [2.24, 2.45) is 5.92 Å². The molecular weight excluding hydrogens is 278 g/mol. The standard InChI is InChI=1S/C17H29N3O2/c21-12-14-9-5-2-6-10-15(14)18-11-16-19-17(22-20-16)13-7-3-1-4-8-13/h13-15,18,21H,1-12H2/t14-,15-/m0/s1. The van der Waals surface area contributed by atoms with E-state index in [1.54, 1.807) is 0 Å². The van der Waals surface area contributed by atoms with Crippen molar-refractivity contribution in [2.75, 3.05) is 6.61 Å². The van der Waals surface area contributed by atoms with Gasteiger partial charge in [0.25, 0.3) is 0 Å². The van der Waals surface area contributed by atoms with Gasteiger partial charge in [0.2, 0.25) is 5.89 Å². The van der Waals surface area contributed by atoms with Gasteiger partial charge in [-0.3, -0.25) is 0 Å². The second-order valence-electron chi connectivity index (χ2n) is 6.95. The highest BCUT2D eigenvalue weighted by Crippen LogP contribution is 2.31. The Morgan fingerprint density at radius 3 is 2.50 bits per heavy atom. The zero-order valence-corrected chi connectivity index (χ0v) is 13.5. The summed E-state index contributed by atoms with van der Waals surface area (Å²) in [4.78, 5) is 4.59. The van der Waals surface area contributed by atoms with Crippen LogP contribution >= 0.6 is 0 Å². The van der Waals surface area contributed by atoms with Gasteiger partial charge in [-0.05, 0) is 31.6 Å². The van der Waals surface area contributed by atoms with Crippen LogP contribution in [0.5, 0.6) is 0 Å². The molecular formula is C17H29N3O2. The molecule has 22 heavy (non-hydrogen) atoms. The molecule has 2 atom stereocenters. The van der Waals surface area contributed by atoms with Crippen molar-refractivity contribution in [1.29, 1.82) is 0 Å². The Bertz CT molecular complexity index is 443. The Balaban J connectivity index is 1.53. The average molecular weight is 307 g/mol. The van der Waals surface area contributed by atoms with Gasteiger partial charge >= 0.3 is 0 Å². The normalized spacial score (nSPS) is 27.7. The summed E-state index contributed by atoms with van der Waals surface area (Å²) in [5.74, 6) is 2.43. The minimum atomic E-state index is 0.275. The van der Waals surface area contributed by atoms with Gasteiger partial charge in [0.15, 0.2) is 5.82 Å². The van der Waals surface area contributed by atoms with E-state index in [2.05, 4.69) is 15.5 Å². The van der Waals surface area contributed by atoms with Crippen molar-refractivity contribution in [3.63, 3.8) is 0 Å². The largest absolute Gasteiger partial charge is 0.396 e. The van der Waals surface area contributed by atoms with Gasteiger partial charge in [-0.25, -0.2) is 0 Å². The summed E-state index contributed by atoms with van der Waals surface area (Å²) in [7, 11) is 0. The molecule has 2 aliphatic carbocycles. The van der Waals surface area contributed by atoms with E-state index in [9.17, 15) is 5.11 Å². The van der Waals surface area contributed by atoms with Crippen LogP contribution in [0, 0.1) is 5.92 Å². The van der Waals surface area contributed by atoms with E-state index in [1.165, 1.54) is 51.4 Å². The third kappa shape index (κ3) is 4.07. The molecule has 0 bridgehead atoms. The summed E-state index contributed by atoms with van der Waals surface area (Å²) in [5, 5.41) is 17.3. The van der Waals surface area contributed by atoms with Crippen LogP contribution in [0.1, 0.15) is 81.8 Å². The summed E-state index contributed by atoms with van der Waals surface area (Å²) >= 11 is 0. The summed E-state index contributed by atoms with van der Waals surface area (Å²) in [6.07, 6.45) is 12.3. The van der Waals surface area contributed by atoms with Crippen LogP contribution in [0.3, 0.4) is 0 Å². The quantitative estimate of drug-likeness (QED) is 0.818. The van der Waals surface area contributed by atoms with E-state index in [4.69, 9.17) is 4.52 Å². The van der Waals surface area contributed by atoms with Crippen molar-refractivity contribution >= 4 is 0 Å². The van der Waals surface area contributed by atoms with Crippen LogP contribution in [-0.4, -0.2) is 27.9 Å². The molecule has 124 valence electrons. The van der Waals surface area contributed by atoms with Crippen LogP contribution < -0.4 is 5.32 Å². The van der Waals surface area contributed by atoms with Gasteiger partial charge in [-0.1, -0.05) is 43.7 Å². The lowest BCUT2D eigenvalue weighted by molar-refractivity contribution is 0.180. The maximum absolute atomic E-state index is 9.57. The lowest BCUT2D eigenvalue weighted by Gasteiger charge is -2.23. The lowest BCUT2D eigenvalue weighted by Crippen LogP contribution is -2.37. The summed E-state index contributed by atoms with van der Waals surface area (Å²) in [6.45, 7) is 0.925. The number of rotatable bonds is 5. The molecule has 5 nitrogen and oxygen atoms in total. The highest BCUT2D eigenvalue weighted by molar-refractivity contribution is 4.96. The van der Waals surface area contributed by atoms with Gasteiger partial charge in [0.05, 0.1) is 6.54 Å². The van der Waals surface area contributed by atoms with E-state index in [-0.39, 0.29) is 6.61 Å². The number of nitrogens with zero attached hydrogens (tertiary/aromatic N) is 2. The number of aromatic nitrogens is 2. The predicted octanol–water partition coefficient (Wildman–Crippen LogP) is 3.15. The van der Waals surface area contributed by atoms with Crippen molar-refractivity contribution < 1.29 is 9.63 Å². The zero-order chi connectivity index (χ0) is 15.2. The predicted molar refractivity (Wildman–Crippen MR) is 84.4 cm³/mol. The Morgan fingerprint density at radius 2 is 1.73 bits per heavy atom. The van der Waals surface area contributed by atoms with Gasteiger partial charge in [-0.15, -0.1) is 0 Å². The third-order valence-corrected chi connectivity index (χ3v) is 5.35. The molecule has 2 aliphatic rings. The van der Waals surface area contributed by atoms with E-state index in [1.807, 2.05) is 0 Å². The van der Waals surface area contributed by atoms with Crippen molar-refractivity contribution in [3.05, 3.63) is 11.7 Å². The summed E-state index contributed by atoms with van der Waals surface area (Å²) < 4.78 is 5.47. The molecule has 0 aromatic carbocycles. The fourth-order valence-corrected chi connectivity index (χ4v) is 3.95. The fourth-order valence-electron chi connectivity index (χ4n) is 3.95. The lowest BCUT2D eigenvalue weighted by atomic mass is 9.89. The highest BCUT2D eigenvalue weighted by Gasteiger charge is 2.24. The first-order chi connectivity index (χ1) is 10.9. The Morgan fingerprint density at radius 1 is 1.00 bits per heavy atom. The van der Waals surface area contributed by atoms with Crippen LogP contribution in [0.15, 0.2) is 4.52 Å². The van der Waals surface area contributed by atoms with Crippen molar-refractivity contribution in [3.8, 4) is 0 Å². The molecule has 2 fully saturated rings. The van der Waals surface area contributed by atoms with E-state index in [0.29, 0.717) is 24.4 Å². The van der Waals surface area contributed by atoms with E-state index < -0.39 is 0 Å². The number of nitrogens with one attached hydrogen (secondary N) is 1. The molecule has 1 heterocycles. The van der Waals surface area contributed by atoms with Crippen LogP contribution in [-0.2, 0) is 6.54 Å². The fraction of sp³-hybridized carbons (Fsp3) is 0.882. The maximum atomic E-state index is 9.57. The summed E-state index contributed by atoms with van der Waals surface area (Å²) in [6, 6.07) is 0.379. The monoisotopic (exact) mass is 307 g/mol. The summed E-state index contributed by atoms with van der Waals surface area (Å²) in [5.41, 5.74) is 0. The molecule has 0 spiro atoms. The van der Waals surface area contributed by atoms with Crippen molar-refractivity contribution in [1.82, 2.24) is 15.5 Å². The molecule has 3 rings (SSSR count). The molecule has 0 saturated heterocycles. The molecule has 0 aliphatic heterocycles. The first-order valence-electron chi connectivity index (χ1n) is 9.03. The average Bonchev–Trinajstić information content (AvgIpc) is 2.92. The van der Waals surface area contributed by atoms with Gasteiger partial charge in [-0.2, -0.15) is 4.98 Å². The van der Waals surface area contributed by atoms with Crippen LogP contribution in [0.25, 0.3) is 0 Å². The topological polar surface area (TPSA) is 71.2 Å². The Labute approximate surface area is 132 Å². The molecule has 1 aromatic rings. The maximum Gasteiger partial charge on any atom is 0.229 e. The first kappa shape index (κ1) is 15.9. The van der Waals surface area contributed by atoms with Crippen LogP contribution in [0.2, 0.25) is 0 Å². The van der Waals surface area contributed by atoms with Gasteiger partial charge in [0.1, 0.15) is 0 Å². The Kier molecular flexibility index (Phi) is 5.84. The molecule has 0 radical (unpaired) electrons. The van der Waals surface area contributed by atoms with E-state index in [0.717, 1.165) is 24.6 Å². The smallest absolute Gasteiger partial charge is 0.229 e. The molecule has 2 saturated carbocycles. The Hall–Kier alpha value is -0.940. The number of hydrogen-bond acceptors (Lipinski definition) is 5. The van der Waals surface area contributed by atoms with Crippen LogP contribution in [0.4, 0.5) is 0 Å². The first-order valence-corrected chi connectivity index (χ1v) is 9.03. The zero-order valence-electron chi connectivity index (χ0n) is 13.5. The van der Waals surface area contributed by atoms with Gasteiger partial charge < -0.3 is 14.9 Å². The highest BCUT2D eigenvalue weighted by atomic mass is 16.5. The minimum absolute atomic E-state index is 0.275. The van der Waals surface area contributed by atoms with Crippen molar-refractivity contribution in [2.45, 2.75) is 82.7 Å². The second-order valence-corrected chi connectivity index (χ2v) is 6.95. The molecule has 5 heteroatoms. The second kappa shape index (κ2) is 8.06.